The predicted molar refractivity (Wildman–Crippen MR) is 99.7 cm³/mol. The van der Waals surface area contributed by atoms with E-state index < -0.39 is 6.04 Å². The Morgan fingerprint density at radius 2 is 2.21 bits per heavy atom. The van der Waals surface area contributed by atoms with Crippen LogP contribution < -0.4 is 20.1 Å². The minimum atomic E-state index is -0.558. The predicted octanol–water partition coefficient (Wildman–Crippen LogP) is 0.699. The van der Waals surface area contributed by atoms with Gasteiger partial charge in [-0.05, 0) is 6.07 Å². The van der Waals surface area contributed by atoms with Crippen molar-refractivity contribution in [2.75, 3.05) is 27.3 Å². The lowest BCUT2D eigenvalue weighted by molar-refractivity contribution is -0.134. The fraction of sp³-hybridized carbons (Fsp3) is 0.421. The van der Waals surface area contributed by atoms with Crippen LogP contribution in [0.15, 0.2) is 35.1 Å². The van der Waals surface area contributed by atoms with E-state index in [4.69, 9.17) is 14.0 Å². The Hall–Kier alpha value is -3.07. The van der Waals surface area contributed by atoms with Gasteiger partial charge in [0.25, 0.3) is 0 Å². The Bertz CT molecular complexity index is 809. The Kier molecular flexibility index (Phi) is 6.49. The van der Waals surface area contributed by atoms with Gasteiger partial charge >= 0.3 is 0 Å². The maximum Gasteiger partial charge on any atom is 0.237 e. The van der Waals surface area contributed by atoms with Crippen LogP contribution >= 0.6 is 0 Å². The van der Waals surface area contributed by atoms with Crippen molar-refractivity contribution in [3.63, 3.8) is 0 Å². The third-order valence-corrected chi connectivity index (χ3v) is 4.65. The van der Waals surface area contributed by atoms with E-state index in [9.17, 15) is 9.59 Å². The first-order valence-corrected chi connectivity index (χ1v) is 8.99. The molecule has 3 rings (SSSR count). The lowest BCUT2D eigenvalue weighted by atomic mass is 10.1. The molecule has 2 aromatic rings. The first-order chi connectivity index (χ1) is 13.6. The lowest BCUT2D eigenvalue weighted by Gasteiger charge is -2.35. The van der Waals surface area contributed by atoms with Crippen molar-refractivity contribution >= 4 is 11.8 Å². The number of nitrogens with zero attached hydrogens (tertiary/aromatic N) is 2. The van der Waals surface area contributed by atoms with Crippen molar-refractivity contribution in [1.29, 1.82) is 0 Å². The van der Waals surface area contributed by atoms with Crippen LogP contribution in [0.2, 0.25) is 0 Å². The lowest BCUT2D eigenvalue weighted by Crippen LogP contribution is -2.56. The molecule has 0 spiro atoms. The molecule has 1 aliphatic rings. The van der Waals surface area contributed by atoms with Crippen LogP contribution in [-0.4, -0.2) is 55.2 Å². The molecule has 0 aliphatic carbocycles. The molecule has 9 nitrogen and oxygen atoms in total. The van der Waals surface area contributed by atoms with E-state index >= 15 is 0 Å². The van der Waals surface area contributed by atoms with Crippen molar-refractivity contribution < 1.29 is 23.6 Å². The molecule has 0 saturated carbocycles. The Labute approximate surface area is 163 Å². The molecule has 2 N–H and O–H groups in total. The average Bonchev–Trinajstić information content (AvgIpc) is 3.23. The number of ether oxygens (including phenoxy) is 2. The van der Waals surface area contributed by atoms with E-state index in [0.717, 1.165) is 5.56 Å². The summed E-state index contributed by atoms with van der Waals surface area (Å²) in [6.45, 7) is 1.92. The Balaban J connectivity index is 1.66. The number of benzene rings is 1. The van der Waals surface area contributed by atoms with Crippen LogP contribution in [0.3, 0.4) is 0 Å². The monoisotopic (exact) mass is 388 g/mol. The topological polar surface area (TPSA) is 106 Å². The summed E-state index contributed by atoms with van der Waals surface area (Å²) in [7, 11) is 3.19. The maximum atomic E-state index is 12.4. The van der Waals surface area contributed by atoms with Gasteiger partial charge in [-0.25, -0.2) is 0 Å². The van der Waals surface area contributed by atoms with Gasteiger partial charge in [-0.1, -0.05) is 11.2 Å². The molecule has 2 amide bonds. The molecule has 1 saturated heterocycles. The number of carbonyl (C=O) groups excluding carboxylic acids is 2. The summed E-state index contributed by atoms with van der Waals surface area (Å²) in [5.41, 5.74) is 1.55. The molecule has 1 fully saturated rings. The van der Waals surface area contributed by atoms with Crippen LogP contribution in [0.1, 0.15) is 17.7 Å². The van der Waals surface area contributed by atoms with Crippen LogP contribution in [0.25, 0.3) is 0 Å². The van der Waals surface area contributed by atoms with Gasteiger partial charge in [-0.3, -0.25) is 14.5 Å². The highest BCUT2D eigenvalue weighted by Crippen LogP contribution is 2.27. The molecule has 0 radical (unpaired) electrons. The van der Waals surface area contributed by atoms with E-state index in [2.05, 4.69) is 15.8 Å². The summed E-state index contributed by atoms with van der Waals surface area (Å²) in [5, 5.41) is 9.35. The number of rotatable bonds is 8. The number of hydrogen-bond acceptors (Lipinski definition) is 7. The minimum absolute atomic E-state index is 0.0577. The Morgan fingerprint density at radius 3 is 2.93 bits per heavy atom. The third-order valence-electron chi connectivity index (χ3n) is 4.65. The van der Waals surface area contributed by atoms with Gasteiger partial charge in [0.15, 0.2) is 0 Å². The second-order valence-corrected chi connectivity index (χ2v) is 6.43. The highest BCUT2D eigenvalue weighted by molar-refractivity contribution is 5.88. The van der Waals surface area contributed by atoms with Crippen LogP contribution in [-0.2, 0) is 22.7 Å². The van der Waals surface area contributed by atoms with E-state index in [-0.39, 0.29) is 24.8 Å². The molecule has 150 valence electrons. The average molecular weight is 388 g/mol. The number of nitrogens with one attached hydrogen (secondary N) is 2. The summed E-state index contributed by atoms with van der Waals surface area (Å²) in [6.07, 6.45) is 1.50. The zero-order valence-electron chi connectivity index (χ0n) is 15.9. The number of piperazine rings is 1. The van der Waals surface area contributed by atoms with E-state index in [1.165, 1.54) is 6.26 Å². The first kappa shape index (κ1) is 19.7. The summed E-state index contributed by atoms with van der Waals surface area (Å²) in [6, 6.07) is 6.68. The summed E-state index contributed by atoms with van der Waals surface area (Å²) >= 11 is 0. The summed E-state index contributed by atoms with van der Waals surface area (Å²) in [4.78, 5) is 26.7. The van der Waals surface area contributed by atoms with Gasteiger partial charge in [0.05, 0.1) is 33.2 Å². The quantitative estimate of drug-likeness (QED) is 0.686. The molecule has 0 bridgehead atoms. The van der Waals surface area contributed by atoms with Crippen LogP contribution in [0, 0.1) is 0 Å². The van der Waals surface area contributed by atoms with Gasteiger partial charge in [0, 0.05) is 37.3 Å². The second kappa shape index (κ2) is 9.23. The molecule has 1 aliphatic heterocycles. The van der Waals surface area contributed by atoms with Gasteiger partial charge in [0.1, 0.15) is 23.5 Å². The zero-order chi connectivity index (χ0) is 19.9. The fourth-order valence-electron chi connectivity index (χ4n) is 3.14. The third kappa shape index (κ3) is 4.80. The van der Waals surface area contributed by atoms with E-state index in [1.807, 2.05) is 17.0 Å². The first-order valence-electron chi connectivity index (χ1n) is 8.99. The van der Waals surface area contributed by atoms with Gasteiger partial charge in [-0.15, -0.1) is 0 Å². The number of amides is 2. The fourth-order valence-corrected chi connectivity index (χ4v) is 3.14. The molecule has 1 aromatic carbocycles. The summed E-state index contributed by atoms with van der Waals surface area (Å²) in [5.74, 6) is 0.993. The normalized spacial score (nSPS) is 17.1. The number of carbonyl (C=O) groups is 2. The molecule has 9 heteroatoms. The summed E-state index contributed by atoms with van der Waals surface area (Å²) < 4.78 is 15.4. The largest absolute Gasteiger partial charge is 0.497 e. The van der Waals surface area contributed by atoms with Crippen molar-refractivity contribution in [3.05, 3.63) is 41.8 Å². The molecule has 1 aromatic heterocycles. The van der Waals surface area contributed by atoms with Crippen molar-refractivity contribution in [2.24, 2.45) is 0 Å². The highest BCUT2D eigenvalue weighted by atomic mass is 16.5. The van der Waals surface area contributed by atoms with E-state index in [0.29, 0.717) is 36.8 Å². The van der Waals surface area contributed by atoms with Gasteiger partial charge in [-0.2, -0.15) is 0 Å². The van der Waals surface area contributed by atoms with Crippen molar-refractivity contribution in [1.82, 2.24) is 20.7 Å². The minimum Gasteiger partial charge on any atom is -0.497 e. The van der Waals surface area contributed by atoms with Crippen LogP contribution in [0.4, 0.5) is 0 Å². The van der Waals surface area contributed by atoms with Gasteiger partial charge in [0.2, 0.25) is 11.8 Å². The number of methoxy groups -OCH3 is 2. The number of aromatic nitrogens is 1. The maximum absolute atomic E-state index is 12.4. The van der Waals surface area contributed by atoms with Crippen molar-refractivity contribution in [2.45, 2.75) is 25.6 Å². The molecular formula is C19H24N4O5. The van der Waals surface area contributed by atoms with Gasteiger partial charge < -0.3 is 24.6 Å². The van der Waals surface area contributed by atoms with Crippen molar-refractivity contribution in [3.8, 4) is 11.5 Å². The molecule has 28 heavy (non-hydrogen) atoms. The zero-order valence-corrected chi connectivity index (χ0v) is 15.9. The SMILES string of the molecule is COc1ccc(CN2CCNC(=O)[C@H]2CC(=O)NCc2ccon2)c(OC)c1. The molecule has 2 heterocycles. The standard InChI is InChI=1S/C19H24N4O5/c1-26-15-4-3-13(17(9-15)27-2)12-23-7-6-20-19(25)16(23)10-18(24)21-11-14-5-8-28-22-14/h3-5,8-9,16H,6-7,10-12H2,1-2H3,(H,20,25)(H,21,24)/t16-/m1/s1. The van der Waals surface area contributed by atoms with E-state index in [1.54, 1.807) is 26.4 Å². The second-order valence-electron chi connectivity index (χ2n) is 6.43. The molecule has 1 atom stereocenters. The smallest absolute Gasteiger partial charge is 0.237 e. The highest BCUT2D eigenvalue weighted by Gasteiger charge is 2.32. The molecular weight excluding hydrogens is 364 g/mol. The number of hydrogen-bond donors (Lipinski definition) is 2. The molecule has 0 unspecified atom stereocenters. The van der Waals surface area contributed by atoms with Crippen LogP contribution in [0.5, 0.6) is 11.5 Å². The Morgan fingerprint density at radius 1 is 1.36 bits per heavy atom.